The Hall–Kier alpha value is -1.39. The third-order valence-corrected chi connectivity index (χ3v) is 1.81. The van der Waals surface area contributed by atoms with E-state index in [9.17, 15) is 14.4 Å². The lowest BCUT2D eigenvalue weighted by Crippen LogP contribution is -2.32. The van der Waals surface area contributed by atoms with Crippen LogP contribution in [0.4, 0.5) is 0 Å². The predicted octanol–water partition coefficient (Wildman–Crippen LogP) is 0.289. The smallest absolute Gasteiger partial charge is 0.310 e. The van der Waals surface area contributed by atoms with Gasteiger partial charge in [-0.15, -0.1) is 0 Å². The average Bonchev–Trinajstić information content (AvgIpc) is 2.04. The maximum atomic E-state index is 11.3. The molecule has 5 nitrogen and oxygen atoms in total. The van der Waals surface area contributed by atoms with E-state index >= 15 is 0 Å². The summed E-state index contributed by atoms with van der Waals surface area (Å²) in [5.74, 6) is -2.04. The Morgan fingerprint density at radius 1 is 1.07 bits per heavy atom. The maximum absolute atomic E-state index is 11.3. The molecule has 0 radical (unpaired) electrons. The van der Waals surface area contributed by atoms with E-state index in [4.69, 9.17) is 5.11 Å². The van der Waals surface area contributed by atoms with Gasteiger partial charge in [-0.1, -0.05) is 0 Å². The zero-order valence-corrected chi connectivity index (χ0v) is 8.45. The van der Waals surface area contributed by atoms with Crippen LogP contribution in [-0.4, -0.2) is 40.8 Å². The van der Waals surface area contributed by atoms with Gasteiger partial charge >= 0.3 is 5.97 Å². The third kappa shape index (κ3) is 4.59. The summed E-state index contributed by atoms with van der Waals surface area (Å²) in [5, 5.41) is 8.30. The molecule has 0 aliphatic rings. The van der Waals surface area contributed by atoms with Crippen molar-refractivity contribution < 1.29 is 19.5 Å². The van der Waals surface area contributed by atoms with Crippen LogP contribution < -0.4 is 0 Å². The molecule has 0 bridgehead atoms. The minimum atomic E-state index is -1.19. The molecule has 5 heteroatoms. The molecule has 0 saturated carbocycles. The average molecular weight is 201 g/mol. The number of hydrogen-bond acceptors (Lipinski definition) is 3. The molecule has 0 unspecified atom stereocenters. The molecule has 0 heterocycles. The highest BCUT2D eigenvalue weighted by Crippen LogP contribution is 1.97. The number of amides is 1. The van der Waals surface area contributed by atoms with Gasteiger partial charge in [0.25, 0.3) is 0 Å². The molecule has 80 valence electrons. The van der Waals surface area contributed by atoms with Crippen molar-refractivity contribution in [3.05, 3.63) is 0 Å². The Balaban J connectivity index is 4.04. The Morgan fingerprint density at radius 3 is 1.93 bits per heavy atom. The molecule has 0 aliphatic carbocycles. The van der Waals surface area contributed by atoms with Crippen molar-refractivity contribution >= 4 is 17.7 Å². The summed E-state index contributed by atoms with van der Waals surface area (Å²) in [6.45, 7) is 4.69. The first-order valence-electron chi connectivity index (χ1n) is 4.52. The van der Waals surface area contributed by atoms with E-state index in [1.807, 2.05) is 13.8 Å². The monoisotopic (exact) mass is 201 g/mol. The number of hydrogen-bond donors (Lipinski definition) is 1. The Kier molecular flexibility index (Phi) is 5.52. The number of carbonyl (C=O) groups excluding carboxylic acids is 2. The zero-order valence-electron chi connectivity index (χ0n) is 8.45. The van der Waals surface area contributed by atoms with Gasteiger partial charge in [-0.05, 0) is 13.8 Å². The number of carboxylic acids is 1. The molecule has 0 atom stereocenters. The zero-order chi connectivity index (χ0) is 11.1. The van der Waals surface area contributed by atoms with Gasteiger partial charge in [0, 0.05) is 13.1 Å². The summed E-state index contributed by atoms with van der Waals surface area (Å²) in [6.07, 6.45) is -0.888. The molecule has 0 spiro atoms. The van der Waals surface area contributed by atoms with Crippen LogP contribution >= 0.6 is 0 Å². The molecule has 0 aromatic rings. The van der Waals surface area contributed by atoms with E-state index in [2.05, 4.69) is 0 Å². The number of Topliss-reactive ketones (excluding diaryl/α,β-unsaturated/α-hetero) is 1. The second kappa shape index (κ2) is 6.12. The number of carboxylic acid groups (broad SMARTS) is 1. The van der Waals surface area contributed by atoms with Gasteiger partial charge in [0.05, 0.1) is 6.42 Å². The van der Waals surface area contributed by atoms with Crippen molar-refractivity contribution in [3.63, 3.8) is 0 Å². The van der Waals surface area contributed by atoms with Crippen LogP contribution in [0.25, 0.3) is 0 Å². The first-order chi connectivity index (χ1) is 6.51. The lowest BCUT2D eigenvalue weighted by atomic mass is 10.2. The summed E-state index contributed by atoms with van der Waals surface area (Å²) < 4.78 is 0. The molecule has 0 fully saturated rings. The normalized spacial score (nSPS) is 9.57. The second-order valence-electron chi connectivity index (χ2n) is 2.85. The number of carbonyl (C=O) groups is 3. The Bertz CT molecular complexity index is 233. The number of rotatable bonds is 6. The lowest BCUT2D eigenvalue weighted by Gasteiger charge is -2.17. The SMILES string of the molecule is CCN(CC)C(=O)CC(=O)CC(=O)O. The number of aliphatic carboxylic acids is 1. The highest BCUT2D eigenvalue weighted by Gasteiger charge is 2.16. The van der Waals surface area contributed by atoms with Crippen LogP contribution in [0, 0.1) is 0 Å². The van der Waals surface area contributed by atoms with Crippen molar-refractivity contribution in [1.82, 2.24) is 4.90 Å². The number of ketones is 1. The van der Waals surface area contributed by atoms with Gasteiger partial charge in [-0.2, -0.15) is 0 Å². The van der Waals surface area contributed by atoms with Gasteiger partial charge < -0.3 is 10.0 Å². The van der Waals surface area contributed by atoms with Crippen LogP contribution in [0.3, 0.4) is 0 Å². The fourth-order valence-electron chi connectivity index (χ4n) is 1.09. The standard InChI is InChI=1S/C9H15NO4/c1-3-10(4-2)8(12)5-7(11)6-9(13)14/h3-6H2,1-2H3,(H,13,14). The minimum absolute atomic E-state index is 0.304. The Labute approximate surface area is 82.7 Å². The summed E-state index contributed by atoms with van der Waals surface area (Å²) in [4.78, 5) is 33.9. The fourth-order valence-corrected chi connectivity index (χ4v) is 1.09. The number of nitrogens with zero attached hydrogens (tertiary/aromatic N) is 1. The molecular formula is C9H15NO4. The molecular weight excluding hydrogens is 186 g/mol. The summed E-state index contributed by atoms with van der Waals surface area (Å²) in [5.41, 5.74) is 0. The second-order valence-corrected chi connectivity index (χ2v) is 2.85. The van der Waals surface area contributed by atoms with E-state index in [0.717, 1.165) is 0 Å². The molecule has 0 aromatic carbocycles. The Morgan fingerprint density at radius 2 is 1.57 bits per heavy atom. The van der Waals surface area contributed by atoms with Crippen LogP contribution in [0.2, 0.25) is 0 Å². The van der Waals surface area contributed by atoms with Gasteiger partial charge in [0.1, 0.15) is 6.42 Å². The van der Waals surface area contributed by atoms with Crippen LogP contribution in [-0.2, 0) is 14.4 Å². The van der Waals surface area contributed by atoms with Crippen molar-refractivity contribution in [2.45, 2.75) is 26.7 Å². The summed E-state index contributed by atoms with van der Waals surface area (Å²) >= 11 is 0. The topological polar surface area (TPSA) is 74.7 Å². The third-order valence-electron chi connectivity index (χ3n) is 1.81. The molecule has 1 N–H and O–H groups in total. The molecule has 0 saturated heterocycles. The van der Waals surface area contributed by atoms with Crippen molar-refractivity contribution in [3.8, 4) is 0 Å². The quantitative estimate of drug-likeness (QED) is 0.627. The van der Waals surface area contributed by atoms with E-state index in [1.165, 1.54) is 4.90 Å². The van der Waals surface area contributed by atoms with Gasteiger partial charge in [-0.25, -0.2) is 0 Å². The van der Waals surface area contributed by atoms with E-state index < -0.39 is 18.2 Å². The van der Waals surface area contributed by atoms with Crippen LogP contribution in [0.15, 0.2) is 0 Å². The van der Waals surface area contributed by atoms with Crippen molar-refractivity contribution in [1.29, 1.82) is 0 Å². The predicted molar refractivity (Wildman–Crippen MR) is 49.8 cm³/mol. The molecule has 0 aliphatic heterocycles. The highest BCUT2D eigenvalue weighted by molar-refractivity contribution is 6.04. The van der Waals surface area contributed by atoms with Crippen LogP contribution in [0.1, 0.15) is 26.7 Å². The van der Waals surface area contributed by atoms with E-state index in [0.29, 0.717) is 13.1 Å². The van der Waals surface area contributed by atoms with Crippen LogP contribution in [0.5, 0.6) is 0 Å². The summed E-state index contributed by atoms with van der Waals surface area (Å²) in [6, 6.07) is 0. The van der Waals surface area contributed by atoms with E-state index in [1.54, 1.807) is 0 Å². The molecule has 0 rings (SSSR count). The highest BCUT2D eigenvalue weighted by atomic mass is 16.4. The first kappa shape index (κ1) is 12.6. The van der Waals surface area contributed by atoms with Gasteiger partial charge in [0.2, 0.25) is 5.91 Å². The molecule has 0 aromatic heterocycles. The summed E-state index contributed by atoms with van der Waals surface area (Å²) in [7, 11) is 0. The van der Waals surface area contributed by atoms with Gasteiger partial charge in [-0.3, -0.25) is 14.4 Å². The van der Waals surface area contributed by atoms with Gasteiger partial charge in [0.15, 0.2) is 5.78 Å². The largest absolute Gasteiger partial charge is 0.481 e. The maximum Gasteiger partial charge on any atom is 0.310 e. The first-order valence-corrected chi connectivity index (χ1v) is 4.52. The minimum Gasteiger partial charge on any atom is -0.481 e. The van der Waals surface area contributed by atoms with Crippen molar-refractivity contribution in [2.75, 3.05) is 13.1 Å². The van der Waals surface area contributed by atoms with Crippen molar-refractivity contribution in [2.24, 2.45) is 0 Å². The van der Waals surface area contributed by atoms with E-state index in [-0.39, 0.29) is 12.3 Å². The molecule has 14 heavy (non-hydrogen) atoms. The fraction of sp³-hybridized carbons (Fsp3) is 0.667. The molecule has 1 amide bonds. The lowest BCUT2D eigenvalue weighted by molar-refractivity contribution is -0.141.